The average Bonchev–Trinajstić information content (AvgIpc) is 2.26. The van der Waals surface area contributed by atoms with Gasteiger partial charge in [0.1, 0.15) is 0 Å². The maximum Gasteiger partial charge on any atom is 0.0418 e. The lowest BCUT2D eigenvalue weighted by molar-refractivity contribution is 0.577. The fourth-order valence-electron chi connectivity index (χ4n) is 2.43. The lowest BCUT2D eigenvalue weighted by atomic mass is 9.79. The Morgan fingerprint density at radius 3 is 2.47 bits per heavy atom. The van der Waals surface area contributed by atoms with Crippen LogP contribution in [0.15, 0.2) is 24.4 Å². The van der Waals surface area contributed by atoms with Crippen molar-refractivity contribution in [3.8, 4) is 0 Å². The first-order valence-corrected chi connectivity index (χ1v) is 6.48. The van der Waals surface area contributed by atoms with Crippen molar-refractivity contribution in [2.24, 2.45) is 0 Å². The third-order valence-electron chi connectivity index (χ3n) is 3.40. The fraction of sp³-hybridized carbons (Fsp3) is 0.500. The molecule has 17 heavy (non-hydrogen) atoms. The maximum atomic E-state index is 3.36. The van der Waals surface area contributed by atoms with Gasteiger partial charge in [-0.2, -0.15) is 0 Å². The molecule has 1 aliphatic heterocycles. The molecular formula is C16H23N. The summed E-state index contributed by atoms with van der Waals surface area (Å²) in [5, 5.41) is 3.36. The second kappa shape index (κ2) is 4.21. The molecule has 1 aliphatic rings. The van der Waals surface area contributed by atoms with Gasteiger partial charge in [0.2, 0.25) is 0 Å². The molecule has 0 radical (unpaired) electrons. The third kappa shape index (κ3) is 2.38. The molecule has 1 N–H and O–H groups in total. The molecule has 1 aromatic carbocycles. The van der Waals surface area contributed by atoms with E-state index in [1.165, 1.54) is 22.4 Å². The van der Waals surface area contributed by atoms with E-state index in [1.54, 1.807) is 0 Å². The predicted molar refractivity (Wildman–Crippen MR) is 75.7 cm³/mol. The average molecular weight is 229 g/mol. The Labute approximate surface area is 105 Å². The number of benzene rings is 1. The van der Waals surface area contributed by atoms with Crippen LogP contribution in [0.1, 0.15) is 57.2 Å². The highest BCUT2D eigenvalue weighted by Gasteiger charge is 2.21. The molecule has 0 bridgehead atoms. The number of allylic oxidation sites excluding steroid dienone is 1. The quantitative estimate of drug-likeness (QED) is 0.742. The number of fused-ring (bicyclic) bond motifs is 1. The summed E-state index contributed by atoms with van der Waals surface area (Å²) in [6.07, 6.45) is 5.28. The lowest BCUT2D eigenvalue weighted by Crippen LogP contribution is -2.16. The summed E-state index contributed by atoms with van der Waals surface area (Å²) in [6, 6.07) is 4.73. The summed E-state index contributed by atoms with van der Waals surface area (Å²) in [5.41, 5.74) is 5.87. The predicted octanol–water partition coefficient (Wildman–Crippen LogP) is 4.59. The normalized spacial score (nSPS) is 14.7. The van der Waals surface area contributed by atoms with Crippen LogP contribution in [0.2, 0.25) is 0 Å². The van der Waals surface area contributed by atoms with Crippen molar-refractivity contribution in [2.45, 2.75) is 52.4 Å². The van der Waals surface area contributed by atoms with E-state index in [4.69, 9.17) is 0 Å². The van der Waals surface area contributed by atoms with Gasteiger partial charge < -0.3 is 5.32 Å². The Morgan fingerprint density at radius 1 is 1.18 bits per heavy atom. The maximum absolute atomic E-state index is 3.36. The third-order valence-corrected chi connectivity index (χ3v) is 3.40. The Balaban J connectivity index is 2.58. The van der Waals surface area contributed by atoms with E-state index in [2.05, 4.69) is 58.1 Å². The van der Waals surface area contributed by atoms with Crippen LogP contribution in [0.25, 0.3) is 0 Å². The minimum Gasteiger partial charge on any atom is -0.362 e. The van der Waals surface area contributed by atoms with Gasteiger partial charge in [-0.15, -0.1) is 0 Å². The molecule has 1 aromatic rings. The van der Waals surface area contributed by atoms with Crippen molar-refractivity contribution in [3.05, 3.63) is 41.1 Å². The Kier molecular flexibility index (Phi) is 3.03. The highest BCUT2D eigenvalue weighted by atomic mass is 14.8. The first-order valence-electron chi connectivity index (χ1n) is 6.48. The summed E-state index contributed by atoms with van der Waals surface area (Å²) in [7, 11) is 0. The molecule has 0 saturated carbocycles. The molecule has 0 unspecified atom stereocenters. The zero-order valence-corrected chi connectivity index (χ0v) is 11.6. The molecular weight excluding hydrogens is 206 g/mol. The molecule has 0 spiro atoms. The minimum atomic E-state index is 0.206. The van der Waals surface area contributed by atoms with E-state index in [0.717, 1.165) is 6.42 Å². The van der Waals surface area contributed by atoms with E-state index in [0.29, 0.717) is 5.92 Å². The molecule has 0 aliphatic carbocycles. The van der Waals surface area contributed by atoms with E-state index in [9.17, 15) is 0 Å². The molecule has 0 fully saturated rings. The van der Waals surface area contributed by atoms with Gasteiger partial charge in [-0.1, -0.05) is 46.8 Å². The second-order valence-corrected chi connectivity index (χ2v) is 6.25. The number of nitrogens with one attached hydrogen (secondary N) is 1. The van der Waals surface area contributed by atoms with Gasteiger partial charge in [0, 0.05) is 5.69 Å². The Hall–Kier alpha value is -1.24. The van der Waals surface area contributed by atoms with Crippen molar-refractivity contribution >= 4 is 5.69 Å². The van der Waals surface area contributed by atoms with Crippen LogP contribution >= 0.6 is 0 Å². The molecule has 2 rings (SSSR count). The van der Waals surface area contributed by atoms with Crippen LogP contribution < -0.4 is 5.32 Å². The fourth-order valence-corrected chi connectivity index (χ4v) is 2.43. The Morgan fingerprint density at radius 2 is 1.88 bits per heavy atom. The van der Waals surface area contributed by atoms with Crippen LogP contribution in [-0.2, 0) is 11.8 Å². The number of hydrogen-bond donors (Lipinski definition) is 1. The lowest BCUT2D eigenvalue weighted by Gasteiger charge is -2.28. The van der Waals surface area contributed by atoms with Gasteiger partial charge >= 0.3 is 0 Å². The van der Waals surface area contributed by atoms with Gasteiger partial charge in [-0.05, 0) is 46.7 Å². The first kappa shape index (κ1) is 12.2. The zero-order valence-electron chi connectivity index (χ0n) is 11.6. The van der Waals surface area contributed by atoms with Crippen LogP contribution in [-0.4, -0.2) is 0 Å². The van der Waals surface area contributed by atoms with Crippen molar-refractivity contribution in [1.29, 1.82) is 0 Å². The highest BCUT2D eigenvalue weighted by molar-refractivity contribution is 5.61. The van der Waals surface area contributed by atoms with Gasteiger partial charge in [-0.25, -0.2) is 0 Å². The molecule has 0 atom stereocenters. The number of anilines is 1. The molecule has 1 heterocycles. The summed E-state index contributed by atoms with van der Waals surface area (Å²) in [6.45, 7) is 11.4. The van der Waals surface area contributed by atoms with Crippen molar-refractivity contribution in [2.75, 3.05) is 5.32 Å². The topological polar surface area (TPSA) is 12.0 Å². The van der Waals surface area contributed by atoms with Gasteiger partial charge in [0.15, 0.2) is 0 Å². The second-order valence-electron chi connectivity index (χ2n) is 6.25. The summed E-state index contributed by atoms with van der Waals surface area (Å²) >= 11 is 0. The van der Waals surface area contributed by atoms with E-state index in [-0.39, 0.29) is 5.41 Å². The molecule has 0 amide bonds. The van der Waals surface area contributed by atoms with Crippen molar-refractivity contribution in [3.63, 3.8) is 0 Å². The van der Waals surface area contributed by atoms with Gasteiger partial charge in [0.05, 0.1) is 0 Å². The molecule has 0 saturated heterocycles. The summed E-state index contributed by atoms with van der Waals surface area (Å²) in [5.74, 6) is 0.584. The molecule has 0 aromatic heterocycles. The monoisotopic (exact) mass is 229 g/mol. The highest BCUT2D eigenvalue weighted by Crippen LogP contribution is 2.35. The number of hydrogen-bond acceptors (Lipinski definition) is 1. The molecule has 92 valence electrons. The number of rotatable bonds is 1. The zero-order chi connectivity index (χ0) is 12.6. The van der Waals surface area contributed by atoms with Crippen molar-refractivity contribution in [1.82, 2.24) is 0 Å². The minimum absolute atomic E-state index is 0.206. The smallest absolute Gasteiger partial charge is 0.0418 e. The standard InChI is InChI=1S/C16H23N/c1-11(2)13-9-12-7-6-8-17-15(12)10-14(13)16(3,4)5/h6,8-11,17H,7H2,1-5H3. The largest absolute Gasteiger partial charge is 0.362 e. The van der Waals surface area contributed by atoms with Gasteiger partial charge in [0.25, 0.3) is 0 Å². The van der Waals surface area contributed by atoms with E-state index in [1.807, 2.05) is 6.20 Å². The van der Waals surface area contributed by atoms with Crippen LogP contribution in [0, 0.1) is 0 Å². The van der Waals surface area contributed by atoms with E-state index >= 15 is 0 Å². The summed E-state index contributed by atoms with van der Waals surface area (Å²) < 4.78 is 0. The summed E-state index contributed by atoms with van der Waals surface area (Å²) in [4.78, 5) is 0. The van der Waals surface area contributed by atoms with Crippen LogP contribution in [0.5, 0.6) is 0 Å². The molecule has 1 nitrogen and oxygen atoms in total. The van der Waals surface area contributed by atoms with Crippen LogP contribution in [0.3, 0.4) is 0 Å². The SMILES string of the molecule is CC(C)c1cc2c(cc1C(C)(C)C)NC=CC2. The van der Waals surface area contributed by atoms with E-state index < -0.39 is 0 Å². The van der Waals surface area contributed by atoms with Crippen molar-refractivity contribution < 1.29 is 0 Å². The van der Waals surface area contributed by atoms with Crippen LogP contribution in [0.4, 0.5) is 5.69 Å². The molecule has 1 heteroatoms. The first-order chi connectivity index (χ1) is 7.89. The Bertz CT molecular complexity index is 447. The van der Waals surface area contributed by atoms with Gasteiger partial charge in [-0.3, -0.25) is 0 Å².